The first-order valence-corrected chi connectivity index (χ1v) is 6.37. The van der Waals surface area contributed by atoms with Gasteiger partial charge in [0.2, 0.25) is 0 Å². The van der Waals surface area contributed by atoms with Crippen LogP contribution in [0.4, 0.5) is 0 Å². The average Bonchev–Trinajstić information content (AvgIpc) is 2.53. The molecule has 0 saturated heterocycles. The molecule has 5 heteroatoms. The van der Waals surface area contributed by atoms with Crippen LogP contribution >= 0.6 is 0 Å². The van der Waals surface area contributed by atoms with E-state index in [0.29, 0.717) is 12.1 Å². The minimum Gasteiger partial charge on any atom is -0.465 e. The van der Waals surface area contributed by atoms with Crippen molar-refractivity contribution < 1.29 is 9.53 Å². The molecule has 2 rings (SSSR count). The normalized spacial score (nSPS) is 11.9. The predicted molar refractivity (Wildman–Crippen MR) is 75.1 cm³/mol. The van der Waals surface area contributed by atoms with Gasteiger partial charge in [0.1, 0.15) is 0 Å². The number of hydrogen-bond acceptors (Lipinski definition) is 5. The summed E-state index contributed by atoms with van der Waals surface area (Å²) in [6, 6.07) is 7.70. The highest BCUT2D eigenvalue weighted by atomic mass is 16.5. The van der Waals surface area contributed by atoms with Gasteiger partial charge in [-0.2, -0.15) is 0 Å². The van der Waals surface area contributed by atoms with Crippen molar-refractivity contribution in [3.8, 4) is 0 Å². The predicted octanol–water partition coefficient (Wildman–Crippen LogP) is 2.11. The van der Waals surface area contributed by atoms with Gasteiger partial charge in [-0.25, -0.2) is 4.79 Å². The molecule has 0 aromatic carbocycles. The summed E-state index contributed by atoms with van der Waals surface area (Å²) in [7, 11) is 1.36. The van der Waals surface area contributed by atoms with Gasteiger partial charge in [0.05, 0.1) is 18.4 Å². The van der Waals surface area contributed by atoms with Gasteiger partial charge < -0.3 is 10.1 Å². The van der Waals surface area contributed by atoms with Crippen LogP contribution < -0.4 is 5.32 Å². The highest BCUT2D eigenvalue weighted by molar-refractivity contribution is 5.88. The summed E-state index contributed by atoms with van der Waals surface area (Å²) >= 11 is 0. The molecule has 2 aromatic rings. The molecule has 0 amide bonds. The average molecular weight is 271 g/mol. The van der Waals surface area contributed by atoms with Crippen molar-refractivity contribution in [2.75, 3.05) is 7.11 Å². The number of hydrogen-bond donors (Lipinski definition) is 1. The van der Waals surface area contributed by atoms with E-state index in [9.17, 15) is 4.79 Å². The summed E-state index contributed by atoms with van der Waals surface area (Å²) in [6.07, 6.45) is 5.08. The maximum atomic E-state index is 11.3. The van der Waals surface area contributed by atoms with Gasteiger partial charge >= 0.3 is 5.97 Å². The van der Waals surface area contributed by atoms with E-state index in [4.69, 9.17) is 0 Å². The number of rotatable bonds is 5. The summed E-state index contributed by atoms with van der Waals surface area (Å²) in [6.45, 7) is 2.71. The summed E-state index contributed by atoms with van der Waals surface area (Å²) < 4.78 is 4.63. The molecule has 0 saturated carbocycles. The van der Waals surface area contributed by atoms with Gasteiger partial charge in [0.25, 0.3) is 0 Å². The fraction of sp³-hybridized carbons (Fsp3) is 0.267. The van der Waals surface area contributed by atoms with E-state index in [1.165, 1.54) is 18.9 Å². The maximum absolute atomic E-state index is 11.3. The number of pyridine rings is 2. The lowest BCUT2D eigenvalue weighted by molar-refractivity contribution is 0.0600. The minimum atomic E-state index is -0.373. The van der Waals surface area contributed by atoms with Crippen LogP contribution in [0.3, 0.4) is 0 Å². The SMILES string of the molecule is COC(=O)c1ccc(CN[C@@H](C)c2ccncc2)nc1. The van der Waals surface area contributed by atoms with Gasteiger partial charge in [0.15, 0.2) is 0 Å². The Morgan fingerprint density at radius 3 is 2.65 bits per heavy atom. The van der Waals surface area contributed by atoms with Crippen LogP contribution in [0, 0.1) is 0 Å². The smallest absolute Gasteiger partial charge is 0.339 e. The van der Waals surface area contributed by atoms with Gasteiger partial charge in [0, 0.05) is 31.2 Å². The number of nitrogens with one attached hydrogen (secondary N) is 1. The molecule has 2 aromatic heterocycles. The van der Waals surface area contributed by atoms with Crippen LogP contribution in [0.1, 0.15) is 34.6 Å². The Kier molecular flexibility index (Phi) is 4.79. The lowest BCUT2D eigenvalue weighted by Gasteiger charge is -2.13. The molecular formula is C15H17N3O2. The first kappa shape index (κ1) is 14.1. The highest BCUT2D eigenvalue weighted by Gasteiger charge is 2.07. The number of ether oxygens (including phenoxy) is 1. The zero-order valence-corrected chi connectivity index (χ0v) is 11.5. The van der Waals surface area contributed by atoms with E-state index in [1.54, 1.807) is 18.5 Å². The van der Waals surface area contributed by atoms with Crippen molar-refractivity contribution in [3.63, 3.8) is 0 Å². The zero-order valence-electron chi connectivity index (χ0n) is 11.5. The van der Waals surface area contributed by atoms with Crippen molar-refractivity contribution >= 4 is 5.97 Å². The molecule has 0 unspecified atom stereocenters. The van der Waals surface area contributed by atoms with E-state index in [1.807, 2.05) is 18.2 Å². The van der Waals surface area contributed by atoms with Crippen molar-refractivity contribution in [2.45, 2.75) is 19.5 Å². The van der Waals surface area contributed by atoms with E-state index in [2.05, 4.69) is 26.9 Å². The Labute approximate surface area is 118 Å². The molecule has 104 valence electrons. The van der Waals surface area contributed by atoms with E-state index < -0.39 is 0 Å². The Balaban J connectivity index is 1.93. The molecule has 0 aliphatic carbocycles. The molecule has 1 N–H and O–H groups in total. The number of esters is 1. The van der Waals surface area contributed by atoms with Crippen molar-refractivity contribution in [1.82, 2.24) is 15.3 Å². The molecule has 0 radical (unpaired) electrons. The number of aromatic nitrogens is 2. The van der Waals surface area contributed by atoms with Crippen molar-refractivity contribution in [1.29, 1.82) is 0 Å². The summed E-state index contributed by atoms with van der Waals surface area (Å²) in [5.41, 5.74) is 2.50. The third-order valence-corrected chi connectivity index (χ3v) is 3.04. The van der Waals surface area contributed by atoms with Gasteiger partial charge in [-0.1, -0.05) is 0 Å². The molecule has 20 heavy (non-hydrogen) atoms. The van der Waals surface area contributed by atoms with Crippen LogP contribution in [-0.2, 0) is 11.3 Å². The number of carbonyl (C=O) groups is 1. The third-order valence-electron chi connectivity index (χ3n) is 3.04. The zero-order chi connectivity index (χ0) is 14.4. The van der Waals surface area contributed by atoms with Crippen molar-refractivity contribution in [3.05, 3.63) is 59.7 Å². The van der Waals surface area contributed by atoms with Gasteiger partial charge in [-0.15, -0.1) is 0 Å². The fourth-order valence-corrected chi connectivity index (χ4v) is 1.80. The lowest BCUT2D eigenvalue weighted by atomic mass is 10.1. The summed E-state index contributed by atoms with van der Waals surface area (Å²) in [5, 5.41) is 3.37. The quantitative estimate of drug-likeness (QED) is 0.844. The molecular weight excluding hydrogens is 254 g/mol. The van der Waals surface area contributed by atoms with E-state index >= 15 is 0 Å². The topological polar surface area (TPSA) is 64.1 Å². The number of methoxy groups -OCH3 is 1. The molecule has 0 aliphatic heterocycles. The second-order valence-electron chi connectivity index (χ2n) is 4.41. The van der Waals surface area contributed by atoms with Crippen LogP contribution in [-0.4, -0.2) is 23.0 Å². The Morgan fingerprint density at radius 1 is 1.30 bits per heavy atom. The Bertz CT molecular complexity index is 555. The fourth-order valence-electron chi connectivity index (χ4n) is 1.80. The monoisotopic (exact) mass is 271 g/mol. The van der Waals surface area contributed by atoms with Gasteiger partial charge in [-0.05, 0) is 36.8 Å². The number of carbonyl (C=O) groups excluding carboxylic acids is 1. The lowest BCUT2D eigenvalue weighted by Crippen LogP contribution is -2.18. The summed E-state index contributed by atoms with van der Waals surface area (Å²) in [4.78, 5) is 19.5. The molecule has 5 nitrogen and oxygen atoms in total. The van der Waals surface area contributed by atoms with Crippen molar-refractivity contribution in [2.24, 2.45) is 0 Å². The minimum absolute atomic E-state index is 0.208. The third kappa shape index (κ3) is 3.61. The van der Waals surface area contributed by atoms with Crippen LogP contribution in [0.15, 0.2) is 42.9 Å². The van der Waals surface area contributed by atoms with Crippen LogP contribution in [0.25, 0.3) is 0 Å². The standard InChI is InChI=1S/C15H17N3O2/c1-11(12-5-7-16-8-6-12)17-10-14-4-3-13(9-18-14)15(19)20-2/h3-9,11,17H,10H2,1-2H3/t11-/m0/s1. The molecule has 0 fully saturated rings. The largest absolute Gasteiger partial charge is 0.465 e. The van der Waals surface area contributed by atoms with Crippen LogP contribution in [0.2, 0.25) is 0 Å². The maximum Gasteiger partial charge on any atom is 0.339 e. The molecule has 0 aliphatic rings. The first-order chi connectivity index (χ1) is 9.70. The molecule has 0 spiro atoms. The molecule has 0 bridgehead atoms. The summed E-state index contributed by atoms with van der Waals surface area (Å²) in [5.74, 6) is -0.373. The molecule has 1 atom stereocenters. The van der Waals surface area contributed by atoms with E-state index in [0.717, 1.165) is 5.69 Å². The van der Waals surface area contributed by atoms with Gasteiger partial charge in [-0.3, -0.25) is 9.97 Å². The first-order valence-electron chi connectivity index (χ1n) is 6.37. The molecule has 2 heterocycles. The second-order valence-corrected chi connectivity index (χ2v) is 4.41. The Morgan fingerprint density at radius 2 is 2.05 bits per heavy atom. The Hall–Kier alpha value is -2.27. The number of nitrogens with zero attached hydrogens (tertiary/aromatic N) is 2. The van der Waals surface area contributed by atoms with Crippen LogP contribution in [0.5, 0.6) is 0 Å². The highest BCUT2D eigenvalue weighted by Crippen LogP contribution is 2.11. The second kappa shape index (κ2) is 6.77. The van der Waals surface area contributed by atoms with E-state index in [-0.39, 0.29) is 12.0 Å².